The Balaban J connectivity index is 0.00000225. The number of phenolic OH excluding ortho intramolecular Hbond substituents is 1. The van der Waals surface area contributed by atoms with Gasteiger partial charge >= 0.3 is 0 Å². The number of nitrogens with one attached hydrogen (secondary N) is 1. The molecule has 0 bridgehead atoms. The van der Waals surface area contributed by atoms with Gasteiger partial charge in [0.05, 0.1) is 13.2 Å². The predicted octanol–water partition coefficient (Wildman–Crippen LogP) is 3.82. The fourth-order valence-corrected chi connectivity index (χ4v) is 2.94. The lowest BCUT2D eigenvalue weighted by atomic mass is 10.1. The molecule has 0 spiro atoms. The van der Waals surface area contributed by atoms with Crippen LogP contribution in [0.4, 0.5) is 5.69 Å². The smallest absolute Gasteiger partial charge is 0.193 e. The number of aliphatic imine (C=N–C) groups is 1. The number of nitrogens with zero attached hydrogens (tertiary/aromatic N) is 1. The number of nitrogens with two attached hydrogens (primary N) is 1. The minimum absolute atomic E-state index is 0. The van der Waals surface area contributed by atoms with E-state index in [0.717, 1.165) is 17.7 Å². The van der Waals surface area contributed by atoms with Crippen molar-refractivity contribution in [3.05, 3.63) is 53.1 Å². The van der Waals surface area contributed by atoms with E-state index in [-0.39, 0.29) is 29.7 Å². The zero-order valence-electron chi connectivity index (χ0n) is 14.3. The fourth-order valence-electron chi connectivity index (χ4n) is 2.94. The van der Waals surface area contributed by atoms with E-state index in [0.29, 0.717) is 24.9 Å². The van der Waals surface area contributed by atoms with Crippen molar-refractivity contribution in [2.45, 2.75) is 32.7 Å². The molecule has 4 N–H and O–H groups in total. The highest BCUT2D eigenvalue weighted by molar-refractivity contribution is 14.0. The summed E-state index contributed by atoms with van der Waals surface area (Å²) in [7, 11) is 0. The van der Waals surface area contributed by atoms with E-state index < -0.39 is 0 Å². The van der Waals surface area contributed by atoms with Crippen LogP contribution in [-0.2, 0) is 19.4 Å². The molecule has 0 aromatic heterocycles. The van der Waals surface area contributed by atoms with Gasteiger partial charge in [-0.25, -0.2) is 4.99 Å². The van der Waals surface area contributed by atoms with Gasteiger partial charge in [0.2, 0.25) is 0 Å². The van der Waals surface area contributed by atoms with Crippen LogP contribution in [0.5, 0.6) is 11.5 Å². The van der Waals surface area contributed by atoms with Gasteiger partial charge in [0.25, 0.3) is 0 Å². The monoisotopic (exact) mass is 453 g/mol. The van der Waals surface area contributed by atoms with Crippen molar-refractivity contribution in [1.82, 2.24) is 0 Å². The lowest BCUT2D eigenvalue weighted by molar-refractivity contribution is 0.318. The van der Waals surface area contributed by atoms with Crippen LogP contribution in [0.15, 0.2) is 41.4 Å². The SMILES string of the molecule is CCOc1cc(CN=C(N)Nc2ccc3c(c2)CCC3)ccc1O.I. The number of fused-ring (bicyclic) bond motifs is 1. The molecule has 2 aromatic rings. The molecule has 6 heteroatoms. The Morgan fingerprint density at radius 2 is 2.00 bits per heavy atom. The Morgan fingerprint density at radius 3 is 2.80 bits per heavy atom. The van der Waals surface area contributed by atoms with Gasteiger partial charge in [-0.05, 0) is 67.1 Å². The number of rotatable bonds is 5. The minimum Gasteiger partial charge on any atom is -0.504 e. The molecule has 0 aliphatic heterocycles. The lowest BCUT2D eigenvalue weighted by Crippen LogP contribution is -2.22. The number of aryl methyl sites for hydroxylation is 2. The summed E-state index contributed by atoms with van der Waals surface area (Å²) in [6.45, 7) is 2.80. The quantitative estimate of drug-likeness (QED) is 0.365. The standard InChI is InChI=1S/C19H23N3O2.HI/c1-2-24-18-10-13(6-9-17(18)23)12-21-19(20)22-16-8-7-14-4-3-5-15(14)11-16;/h6-11,23H,2-5,12H2,1H3,(H3,20,21,22);1H. The maximum atomic E-state index is 9.72. The molecule has 25 heavy (non-hydrogen) atoms. The summed E-state index contributed by atoms with van der Waals surface area (Å²) in [6.07, 6.45) is 3.53. The van der Waals surface area contributed by atoms with Crippen molar-refractivity contribution < 1.29 is 9.84 Å². The Labute approximate surface area is 165 Å². The van der Waals surface area contributed by atoms with E-state index in [1.807, 2.05) is 19.1 Å². The van der Waals surface area contributed by atoms with E-state index in [2.05, 4.69) is 22.4 Å². The average molecular weight is 453 g/mol. The average Bonchev–Trinajstić information content (AvgIpc) is 3.03. The summed E-state index contributed by atoms with van der Waals surface area (Å²) in [5, 5.41) is 12.9. The largest absolute Gasteiger partial charge is 0.504 e. The summed E-state index contributed by atoms with van der Waals surface area (Å²) in [6, 6.07) is 11.6. The number of benzene rings is 2. The van der Waals surface area contributed by atoms with Crippen LogP contribution in [0, 0.1) is 0 Å². The zero-order valence-corrected chi connectivity index (χ0v) is 16.6. The first-order chi connectivity index (χ1) is 11.7. The summed E-state index contributed by atoms with van der Waals surface area (Å²) in [5.41, 5.74) is 10.7. The number of guanidine groups is 1. The first-order valence-corrected chi connectivity index (χ1v) is 8.29. The number of anilines is 1. The molecular formula is C19H24IN3O2. The molecule has 0 unspecified atom stereocenters. The van der Waals surface area contributed by atoms with E-state index in [9.17, 15) is 5.11 Å². The molecule has 134 valence electrons. The van der Waals surface area contributed by atoms with Crippen LogP contribution in [0.3, 0.4) is 0 Å². The van der Waals surface area contributed by atoms with Crippen LogP contribution in [0.1, 0.15) is 30.0 Å². The van der Waals surface area contributed by atoms with Crippen LogP contribution < -0.4 is 15.8 Å². The number of phenols is 1. The molecule has 0 saturated carbocycles. The number of aromatic hydroxyl groups is 1. The van der Waals surface area contributed by atoms with Crippen LogP contribution in [-0.4, -0.2) is 17.7 Å². The second-order valence-corrected chi connectivity index (χ2v) is 5.90. The van der Waals surface area contributed by atoms with E-state index in [1.54, 1.807) is 12.1 Å². The van der Waals surface area contributed by atoms with E-state index in [1.165, 1.54) is 24.0 Å². The Hall–Kier alpha value is -1.96. The number of hydrogen-bond acceptors (Lipinski definition) is 3. The van der Waals surface area contributed by atoms with Gasteiger partial charge in [0.15, 0.2) is 17.5 Å². The van der Waals surface area contributed by atoms with Gasteiger partial charge in [-0.2, -0.15) is 0 Å². The first kappa shape index (κ1) is 19.4. The van der Waals surface area contributed by atoms with E-state index >= 15 is 0 Å². The second kappa shape index (κ2) is 8.94. The molecule has 1 aliphatic carbocycles. The maximum Gasteiger partial charge on any atom is 0.193 e. The normalized spacial score (nSPS) is 13.1. The third-order valence-electron chi connectivity index (χ3n) is 4.13. The lowest BCUT2D eigenvalue weighted by Gasteiger charge is -2.09. The van der Waals surface area contributed by atoms with Crippen molar-refractivity contribution >= 4 is 35.6 Å². The highest BCUT2D eigenvalue weighted by atomic mass is 127. The fraction of sp³-hybridized carbons (Fsp3) is 0.316. The molecule has 0 atom stereocenters. The van der Waals surface area contributed by atoms with Crippen LogP contribution in [0.25, 0.3) is 0 Å². The third-order valence-corrected chi connectivity index (χ3v) is 4.13. The van der Waals surface area contributed by atoms with Crippen molar-refractivity contribution in [1.29, 1.82) is 0 Å². The molecule has 1 aliphatic rings. The van der Waals surface area contributed by atoms with Crippen molar-refractivity contribution in [3.8, 4) is 11.5 Å². The number of halogens is 1. The molecule has 2 aromatic carbocycles. The Morgan fingerprint density at radius 1 is 1.20 bits per heavy atom. The van der Waals surface area contributed by atoms with Crippen molar-refractivity contribution in [2.75, 3.05) is 11.9 Å². The first-order valence-electron chi connectivity index (χ1n) is 8.29. The van der Waals surface area contributed by atoms with Crippen molar-refractivity contribution in [2.24, 2.45) is 10.7 Å². The van der Waals surface area contributed by atoms with Gasteiger partial charge < -0.3 is 20.9 Å². The summed E-state index contributed by atoms with van der Waals surface area (Å²) < 4.78 is 5.38. The van der Waals surface area contributed by atoms with E-state index in [4.69, 9.17) is 10.5 Å². The Kier molecular flexibility index (Phi) is 6.92. The molecule has 3 rings (SSSR count). The molecule has 0 amide bonds. The number of ether oxygens (including phenoxy) is 1. The molecule has 5 nitrogen and oxygen atoms in total. The van der Waals surface area contributed by atoms with Crippen LogP contribution >= 0.6 is 24.0 Å². The summed E-state index contributed by atoms with van der Waals surface area (Å²) in [5.74, 6) is 0.975. The van der Waals surface area contributed by atoms with Gasteiger partial charge in [0.1, 0.15) is 0 Å². The minimum atomic E-state index is 0. The second-order valence-electron chi connectivity index (χ2n) is 5.90. The molecule has 0 radical (unpaired) electrons. The highest BCUT2D eigenvalue weighted by Gasteiger charge is 2.11. The topological polar surface area (TPSA) is 79.9 Å². The van der Waals surface area contributed by atoms with Gasteiger partial charge in [-0.1, -0.05) is 12.1 Å². The van der Waals surface area contributed by atoms with Gasteiger partial charge in [-0.3, -0.25) is 0 Å². The molecule has 0 heterocycles. The summed E-state index contributed by atoms with van der Waals surface area (Å²) in [4.78, 5) is 4.36. The third kappa shape index (κ3) is 5.01. The molecule has 0 fully saturated rings. The van der Waals surface area contributed by atoms with Gasteiger partial charge in [0, 0.05) is 5.69 Å². The highest BCUT2D eigenvalue weighted by Crippen LogP contribution is 2.27. The molecule has 0 saturated heterocycles. The molecular weight excluding hydrogens is 429 g/mol. The maximum absolute atomic E-state index is 9.72. The van der Waals surface area contributed by atoms with Crippen LogP contribution in [0.2, 0.25) is 0 Å². The van der Waals surface area contributed by atoms with Crippen molar-refractivity contribution in [3.63, 3.8) is 0 Å². The Bertz CT molecular complexity index is 762. The number of hydrogen-bond donors (Lipinski definition) is 3. The summed E-state index contributed by atoms with van der Waals surface area (Å²) >= 11 is 0. The predicted molar refractivity (Wildman–Crippen MR) is 112 cm³/mol. The van der Waals surface area contributed by atoms with Gasteiger partial charge in [-0.15, -0.1) is 24.0 Å². The zero-order chi connectivity index (χ0) is 16.9.